The van der Waals surface area contributed by atoms with E-state index in [1.54, 1.807) is 0 Å². The first-order valence-corrected chi connectivity index (χ1v) is 7.19. The molecule has 0 radical (unpaired) electrons. The summed E-state index contributed by atoms with van der Waals surface area (Å²) in [6.45, 7) is 5.74. The van der Waals surface area contributed by atoms with E-state index in [2.05, 4.69) is 47.4 Å². The van der Waals surface area contributed by atoms with E-state index >= 15 is 0 Å². The molecule has 4 heteroatoms. The molecule has 2 heterocycles. The van der Waals surface area contributed by atoms with Gasteiger partial charge in [-0.25, -0.2) is 0 Å². The topological polar surface area (TPSA) is 42.7 Å². The van der Waals surface area contributed by atoms with Crippen molar-refractivity contribution in [3.05, 3.63) is 59.0 Å². The van der Waals surface area contributed by atoms with Gasteiger partial charge in [0, 0.05) is 36.8 Å². The van der Waals surface area contributed by atoms with Crippen LogP contribution in [0.3, 0.4) is 0 Å². The standard InChI is InChI=1S/C17H20N4/c1-12-16(13(2)21(3)20-12)11-18-10-15-9-8-14-6-4-5-7-17(14)19-15/h4-9,18H,10-11H2,1-3H3. The van der Waals surface area contributed by atoms with Gasteiger partial charge in [0.15, 0.2) is 0 Å². The Morgan fingerprint density at radius 1 is 1.05 bits per heavy atom. The molecule has 0 aliphatic heterocycles. The summed E-state index contributed by atoms with van der Waals surface area (Å²) in [4.78, 5) is 4.67. The van der Waals surface area contributed by atoms with Gasteiger partial charge in [0.25, 0.3) is 0 Å². The van der Waals surface area contributed by atoms with E-state index in [9.17, 15) is 0 Å². The summed E-state index contributed by atoms with van der Waals surface area (Å²) in [6, 6.07) is 12.4. The van der Waals surface area contributed by atoms with E-state index in [-0.39, 0.29) is 0 Å². The highest BCUT2D eigenvalue weighted by Crippen LogP contribution is 2.13. The highest BCUT2D eigenvalue weighted by molar-refractivity contribution is 5.78. The largest absolute Gasteiger partial charge is 0.307 e. The van der Waals surface area contributed by atoms with Gasteiger partial charge in [0.05, 0.1) is 16.9 Å². The van der Waals surface area contributed by atoms with E-state index in [4.69, 9.17) is 0 Å². The molecule has 0 aliphatic rings. The average Bonchev–Trinajstić information content (AvgIpc) is 2.73. The third kappa shape index (κ3) is 2.81. The molecule has 1 aromatic carbocycles. The molecule has 0 amide bonds. The number of aromatic nitrogens is 3. The van der Waals surface area contributed by atoms with Gasteiger partial charge in [-0.3, -0.25) is 9.67 Å². The monoisotopic (exact) mass is 280 g/mol. The zero-order valence-corrected chi connectivity index (χ0v) is 12.7. The molecular formula is C17H20N4. The normalized spacial score (nSPS) is 11.2. The van der Waals surface area contributed by atoms with Crippen molar-refractivity contribution in [2.75, 3.05) is 0 Å². The van der Waals surface area contributed by atoms with Crippen LogP contribution in [0.2, 0.25) is 0 Å². The zero-order chi connectivity index (χ0) is 14.8. The van der Waals surface area contributed by atoms with E-state index < -0.39 is 0 Å². The molecule has 0 aliphatic carbocycles. The van der Waals surface area contributed by atoms with Crippen molar-refractivity contribution in [1.29, 1.82) is 0 Å². The van der Waals surface area contributed by atoms with Crippen molar-refractivity contribution in [3.63, 3.8) is 0 Å². The van der Waals surface area contributed by atoms with Gasteiger partial charge in [-0.2, -0.15) is 5.10 Å². The highest BCUT2D eigenvalue weighted by Gasteiger charge is 2.08. The molecule has 0 saturated carbocycles. The molecule has 3 rings (SSSR count). The Morgan fingerprint density at radius 2 is 1.86 bits per heavy atom. The number of aryl methyl sites for hydroxylation is 2. The second-order valence-electron chi connectivity index (χ2n) is 5.37. The van der Waals surface area contributed by atoms with Crippen LogP contribution in [0.25, 0.3) is 10.9 Å². The molecule has 0 spiro atoms. The molecule has 3 aromatic rings. The van der Waals surface area contributed by atoms with Crippen LogP contribution < -0.4 is 5.32 Å². The third-order valence-electron chi connectivity index (χ3n) is 3.92. The Hall–Kier alpha value is -2.20. The number of fused-ring (bicyclic) bond motifs is 1. The fraction of sp³-hybridized carbons (Fsp3) is 0.294. The van der Waals surface area contributed by atoms with Gasteiger partial charge in [-0.1, -0.05) is 24.3 Å². The fourth-order valence-corrected chi connectivity index (χ4v) is 2.60. The Labute approximate surface area is 124 Å². The summed E-state index contributed by atoms with van der Waals surface area (Å²) in [7, 11) is 1.98. The molecule has 108 valence electrons. The van der Waals surface area contributed by atoms with Crippen molar-refractivity contribution in [3.8, 4) is 0 Å². The van der Waals surface area contributed by atoms with Crippen LogP contribution >= 0.6 is 0 Å². The Bertz CT molecular complexity index is 774. The van der Waals surface area contributed by atoms with Crippen molar-refractivity contribution in [2.24, 2.45) is 7.05 Å². The van der Waals surface area contributed by atoms with Crippen molar-refractivity contribution in [1.82, 2.24) is 20.1 Å². The lowest BCUT2D eigenvalue weighted by Crippen LogP contribution is -2.14. The Morgan fingerprint density at radius 3 is 2.62 bits per heavy atom. The minimum absolute atomic E-state index is 0.763. The summed E-state index contributed by atoms with van der Waals surface area (Å²) >= 11 is 0. The van der Waals surface area contributed by atoms with Gasteiger partial charge >= 0.3 is 0 Å². The maximum absolute atomic E-state index is 4.67. The summed E-state index contributed by atoms with van der Waals surface area (Å²) in [5.41, 5.74) is 5.69. The summed E-state index contributed by atoms with van der Waals surface area (Å²) in [6.07, 6.45) is 0. The van der Waals surface area contributed by atoms with E-state index in [0.29, 0.717) is 0 Å². The number of para-hydroxylation sites is 1. The number of pyridine rings is 1. The lowest BCUT2D eigenvalue weighted by atomic mass is 10.2. The first-order valence-electron chi connectivity index (χ1n) is 7.19. The first-order chi connectivity index (χ1) is 10.1. The molecule has 0 bridgehead atoms. The van der Waals surface area contributed by atoms with Gasteiger partial charge in [0.2, 0.25) is 0 Å². The smallest absolute Gasteiger partial charge is 0.0705 e. The van der Waals surface area contributed by atoms with E-state index in [1.165, 1.54) is 16.6 Å². The molecule has 0 fully saturated rings. The number of benzene rings is 1. The Balaban J connectivity index is 1.69. The van der Waals surface area contributed by atoms with Crippen LogP contribution in [0.15, 0.2) is 36.4 Å². The van der Waals surface area contributed by atoms with Gasteiger partial charge < -0.3 is 5.32 Å². The fourth-order valence-electron chi connectivity index (χ4n) is 2.60. The summed E-state index contributed by atoms with van der Waals surface area (Å²) in [5.74, 6) is 0. The highest BCUT2D eigenvalue weighted by atomic mass is 15.3. The number of hydrogen-bond acceptors (Lipinski definition) is 3. The third-order valence-corrected chi connectivity index (χ3v) is 3.92. The quantitative estimate of drug-likeness (QED) is 0.799. The Kier molecular flexibility index (Phi) is 3.71. The second kappa shape index (κ2) is 5.66. The number of rotatable bonds is 4. The average molecular weight is 280 g/mol. The molecule has 2 aromatic heterocycles. The van der Waals surface area contributed by atoms with Crippen LogP contribution in [0.4, 0.5) is 0 Å². The van der Waals surface area contributed by atoms with Crippen LogP contribution in [0.1, 0.15) is 22.6 Å². The summed E-state index contributed by atoms with van der Waals surface area (Å²) in [5, 5.41) is 9.08. The molecule has 0 unspecified atom stereocenters. The second-order valence-corrected chi connectivity index (χ2v) is 5.37. The lowest BCUT2D eigenvalue weighted by Gasteiger charge is -2.06. The van der Waals surface area contributed by atoms with Gasteiger partial charge in [-0.15, -0.1) is 0 Å². The number of nitrogens with one attached hydrogen (secondary N) is 1. The molecular weight excluding hydrogens is 260 g/mol. The first kappa shape index (κ1) is 13.8. The van der Waals surface area contributed by atoms with Gasteiger partial charge in [-0.05, 0) is 26.0 Å². The number of nitrogens with zero attached hydrogens (tertiary/aromatic N) is 3. The van der Waals surface area contributed by atoms with Crippen LogP contribution in [-0.2, 0) is 20.1 Å². The maximum Gasteiger partial charge on any atom is 0.0705 e. The van der Waals surface area contributed by atoms with Gasteiger partial charge in [0.1, 0.15) is 0 Å². The molecule has 0 atom stereocenters. The number of hydrogen-bond donors (Lipinski definition) is 1. The molecule has 0 saturated heterocycles. The van der Waals surface area contributed by atoms with Crippen molar-refractivity contribution >= 4 is 10.9 Å². The van der Waals surface area contributed by atoms with Crippen molar-refractivity contribution < 1.29 is 0 Å². The van der Waals surface area contributed by atoms with E-state index in [1.807, 2.05) is 29.9 Å². The van der Waals surface area contributed by atoms with Crippen LogP contribution in [0, 0.1) is 13.8 Å². The predicted molar refractivity (Wildman–Crippen MR) is 85.0 cm³/mol. The maximum atomic E-state index is 4.67. The summed E-state index contributed by atoms with van der Waals surface area (Å²) < 4.78 is 1.93. The molecule has 4 nitrogen and oxygen atoms in total. The molecule has 1 N–H and O–H groups in total. The minimum Gasteiger partial charge on any atom is -0.307 e. The van der Waals surface area contributed by atoms with Crippen LogP contribution in [0.5, 0.6) is 0 Å². The van der Waals surface area contributed by atoms with Crippen LogP contribution in [-0.4, -0.2) is 14.8 Å². The van der Waals surface area contributed by atoms with Crippen molar-refractivity contribution in [2.45, 2.75) is 26.9 Å². The van der Waals surface area contributed by atoms with E-state index in [0.717, 1.165) is 30.0 Å². The zero-order valence-electron chi connectivity index (χ0n) is 12.7. The molecule has 21 heavy (non-hydrogen) atoms. The minimum atomic E-state index is 0.763. The predicted octanol–water partition coefficient (Wildman–Crippen LogP) is 2.87. The SMILES string of the molecule is Cc1nn(C)c(C)c1CNCc1ccc2ccccc2n1. The lowest BCUT2D eigenvalue weighted by molar-refractivity contribution is 0.674.